The Balaban J connectivity index is 2.04. The van der Waals surface area contributed by atoms with Crippen molar-refractivity contribution < 1.29 is 4.42 Å². The topological polar surface area (TPSA) is 25.2 Å². The fourth-order valence-corrected chi connectivity index (χ4v) is 2.88. The monoisotopic (exact) mass is 207 g/mol. The minimum absolute atomic E-state index is 0.449. The number of hydrogen-bond acceptors (Lipinski definition) is 2. The lowest BCUT2D eigenvalue weighted by Crippen LogP contribution is -2.36. The average Bonchev–Trinajstić information content (AvgIpc) is 2.72. The zero-order valence-corrected chi connectivity index (χ0v) is 9.59. The van der Waals surface area contributed by atoms with E-state index in [-0.39, 0.29) is 0 Å². The van der Waals surface area contributed by atoms with E-state index in [1.54, 1.807) is 6.26 Å². The van der Waals surface area contributed by atoms with Crippen molar-refractivity contribution in [3.8, 4) is 0 Å². The third-order valence-corrected chi connectivity index (χ3v) is 3.60. The lowest BCUT2D eigenvalue weighted by molar-refractivity contribution is 0.174. The van der Waals surface area contributed by atoms with Crippen LogP contribution in [0.2, 0.25) is 0 Å². The maximum atomic E-state index is 5.48. The third-order valence-electron chi connectivity index (χ3n) is 3.60. The van der Waals surface area contributed by atoms with Crippen molar-refractivity contribution >= 4 is 0 Å². The van der Waals surface area contributed by atoms with E-state index in [9.17, 15) is 0 Å². The largest absolute Gasteiger partial charge is 0.469 e. The van der Waals surface area contributed by atoms with Crippen LogP contribution in [0.3, 0.4) is 0 Å². The molecule has 2 nitrogen and oxygen atoms in total. The maximum Gasteiger partial charge on any atom is 0.104 e. The van der Waals surface area contributed by atoms with E-state index in [0.29, 0.717) is 5.41 Å². The van der Waals surface area contributed by atoms with Crippen molar-refractivity contribution in [2.24, 2.45) is 5.41 Å². The first-order valence-electron chi connectivity index (χ1n) is 6.02. The molecular weight excluding hydrogens is 186 g/mol. The second kappa shape index (κ2) is 4.84. The second-order valence-corrected chi connectivity index (χ2v) is 4.85. The molecule has 1 saturated carbocycles. The normalized spacial score (nSPS) is 20.3. The molecule has 1 aromatic heterocycles. The minimum Gasteiger partial charge on any atom is -0.469 e. The fraction of sp³-hybridized carbons (Fsp3) is 0.692. The molecular formula is C13H21NO. The van der Waals surface area contributed by atoms with Crippen LogP contribution in [0.1, 0.15) is 37.9 Å². The van der Waals surface area contributed by atoms with Gasteiger partial charge in [-0.2, -0.15) is 0 Å². The Hall–Kier alpha value is -0.760. The molecule has 0 bridgehead atoms. The second-order valence-electron chi connectivity index (χ2n) is 4.85. The molecule has 1 fully saturated rings. The highest BCUT2D eigenvalue weighted by atomic mass is 16.3. The van der Waals surface area contributed by atoms with Crippen molar-refractivity contribution in [3.05, 3.63) is 24.2 Å². The lowest BCUT2D eigenvalue weighted by atomic mass is 9.71. The fourth-order valence-electron chi connectivity index (χ4n) is 2.88. The Bertz CT molecular complexity index is 267. The molecule has 1 N–H and O–H groups in total. The summed E-state index contributed by atoms with van der Waals surface area (Å²) < 4.78 is 5.48. The van der Waals surface area contributed by atoms with Crippen LogP contribution in [0.25, 0.3) is 0 Å². The van der Waals surface area contributed by atoms with Crippen LogP contribution < -0.4 is 5.32 Å². The van der Waals surface area contributed by atoms with Gasteiger partial charge >= 0.3 is 0 Å². The van der Waals surface area contributed by atoms with E-state index in [4.69, 9.17) is 4.42 Å². The Morgan fingerprint density at radius 2 is 2.13 bits per heavy atom. The van der Waals surface area contributed by atoms with Gasteiger partial charge in [0.2, 0.25) is 0 Å². The molecule has 0 amide bonds. The molecule has 0 radical (unpaired) electrons. The first-order chi connectivity index (χ1) is 7.35. The van der Waals surface area contributed by atoms with E-state index >= 15 is 0 Å². The molecule has 0 aliphatic heterocycles. The number of furan rings is 1. The molecule has 1 aliphatic rings. The van der Waals surface area contributed by atoms with Gasteiger partial charge in [-0.15, -0.1) is 0 Å². The van der Waals surface area contributed by atoms with Gasteiger partial charge in [-0.1, -0.05) is 19.3 Å². The van der Waals surface area contributed by atoms with Crippen molar-refractivity contribution in [1.82, 2.24) is 5.32 Å². The molecule has 15 heavy (non-hydrogen) atoms. The lowest BCUT2D eigenvalue weighted by Gasteiger charge is -2.36. The van der Waals surface area contributed by atoms with Gasteiger partial charge in [0.25, 0.3) is 0 Å². The van der Waals surface area contributed by atoms with E-state index in [0.717, 1.165) is 18.7 Å². The molecule has 0 aromatic carbocycles. The predicted molar refractivity (Wildman–Crippen MR) is 61.9 cm³/mol. The number of nitrogens with one attached hydrogen (secondary N) is 1. The van der Waals surface area contributed by atoms with Gasteiger partial charge < -0.3 is 9.73 Å². The van der Waals surface area contributed by atoms with Gasteiger partial charge in [0.1, 0.15) is 5.76 Å². The molecule has 0 saturated heterocycles. The molecule has 1 aromatic rings. The first kappa shape index (κ1) is 10.7. The van der Waals surface area contributed by atoms with Gasteiger partial charge in [0.15, 0.2) is 0 Å². The summed E-state index contributed by atoms with van der Waals surface area (Å²) in [5, 5.41) is 3.35. The highest BCUT2D eigenvalue weighted by Crippen LogP contribution is 2.38. The van der Waals surface area contributed by atoms with Crippen molar-refractivity contribution in [2.45, 2.75) is 38.5 Å². The Labute approximate surface area is 92.1 Å². The van der Waals surface area contributed by atoms with E-state index in [1.807, 2.05) is 6.07 Å². The van der Waals surface area contributed by atoms with Gasteiger partial charge in [-0.3, -0.25) is 0 Å². The highest BCUT2D eigenvalue weighted by Gasteiger charge is 2.32. The van der Waals surface area contributed by atoms with Crippen LogP contribution in [-0.4, -0.2) is 13.6 Å². The number of rotatable bonds is 4. The molecule has 0 spiro atoms. The summed E-state index contributed by atoms with van der Waals surface area (Å²) in [5.74, 6) is 1.15. The van der Waals surface area contributed by atoms with E-state index < -0.39 is 0 Å². The van der Waals surface area contributed by atoms with Crippen molar-refractivity contribution in [2.75, 3.05) is 13.6 Å². The van der Waals surface area contributed by atoms with Gasteiger partial charge in [-0.05, 0) is 37.4 Å². The van der Waals surface area contributed by atoms with Crippen LogP contribution in [0.5, 0.6) is 0 Å². The van der Waals surface area contributed by atoms with Gasteiger partial charge in [0.05, 0.1) is 6.26 Å². The predicted octanol–water partition coefficient (Wildman–Crippen LogP) is 2.99. The first-order valence-corrected chi connectivity index (χ1v) is 6.02. The van der Waals surface area contributed by atoms with Crippen LogP contribution in [-0.2, 0) is 6.42 Å². The van der Waals surface area contributed by atoms with Crippen molar-refractivity contribution in [1.29, 1.82) is 0 Å². The van der Waals surface area contributed by atoms with E-state index in [2.05, 4.69) is 18.4 Å². The summed E-state index contributed by atoms with van der Waals surface area (Å²) in [6.07, 6.45) is 9.73. The van der Waals surface area contributed by atoms with Crippen LogP contribution >= 0.6 is 0 Å². The summed E-state index contributed by atoms with van der Waals surface area (Å²) in [4.78, 5) is 0. The molecule has 0 atom stereocenters. The molecule has 1 heterocycles. The maximum absolute atomic E-state index is 5.48. The van der Waals surface area contributed by atoms with Crippen LogP contribution in [0.15, 0.2) is 22.8 Å². The molecule has 2 heteroatoms. The quantitative estimate of drug-likeness (QED) is 0.821. The van der Waals surface area contributed by atoms with Gasteiger partial charge in [0, 0.05) is 13.0 Å². The summed E-state index contributed by atoms with van der Waals surface area (Å²) in [5.41, 5.74) is 0.449. The van der Waals surface area contributed by atoms with Crippen molar-refractivity contribution in [3.63, 3.8) is 0 Å². The Morgan fingerprint density at radius 1 is 1.33 bits per heavy atom. The summed E-state index contributed by atoms with van der Waals surface area (Å²) >= 11 is 0. The Morgan fingerprint density at radius 3 is 2.73 bits per heavy atom. The van der Waals surface area contributed by atoms with Crippen LogP contribution in [0, 0.1) is 5.41 Å². The summed E-state index contributed by atoms with van der Waals surface area (Å²) in [6.45, 7) is 1.12. The highest BCUT2D eigenvalue weighted by molar-refractivity contribution is 5.03. The zero-order chi connectivity index (χ0) is 10.6. The minimum atomic E-state index is 0.449. The molecule has 1 aliphatic carbocycles. The molecule has 84 valence electrons. The standard InChI is InChI=1S/C13H21NO/c1-14-11-13(7-3-2-4-8-13)10-12-6-5-9-15-12/h5-6,9,14H,2-4,7-8,10-11H2,1H3. The van der Waals surface area contributed by atoms with Crippen LogP contribution in [0.4, 0.5) is 0 Å². The summed E-state index contributed by atoms with van der Waals surface area (Å²) in [7, 11) is 2.05. The zero-order valence-electron chi connectivity index (χ0n) is 9.59. The Kier molecular flexibility index (Phi) is 3.47. The number of hydrogen-bond donors (Lipinski definition) is 1. The smallest absolute Gasteiger partial charge is 0.104 e. The summed E-state index contributed by atoms with van der Waals surface area (Å²) in [6, 6.07) is 4.09. The molecule has 0 unspecified atom stereocenters. The SMILES string of the molecule is CNCC1(Cc2ccco2)CCCCC1. The van der Waals surface area contributed by atoms with Gasteiger partial charge in [-0.25, -0.2) is 0 Å². The average molecular weight is 207 g/mol. The third kappa shape index (κ3) is 2.63. The molecule has 2 rings (SSSR count). The van der Waals surface area contributed by atoms with E-state index in [1.165, 1.54) is 32.1 Å².